The summed E-state index contributed by atoms with van der Waals surface area (Å²) in [5.74, 6) is -0.973. The van der Waals surface area contributed by atoms with Gasteiger partial charge >= 0.3 is 5.97 Å². The number of piperidine rings is 1. The van der Waals surface area contributed by atoms with Crippen molar-refractivity contribution in [1.82, 2.24) is 15.2 Å². The second-order valence-electron chi connectivity index (χ2n) is 5.34. The first-order valence-electron chi connectivity index (χ1n) is 7.34. The van der Waals surface area contributed by atoms with Crippen LogP contribution < -0.4 is 5.32 Å². The summed E-state index contributed by atoms with van der Waals surface area (Å²) in [6.45, 7) is 6.26. The van der Waals surface area contributed by atoms with Crippen LogP contribution in [0.15, 0.2) is 18.2 Å². The minimum absolute atomic E-state index is 0.112. The summed E-state index contributed by atoms with van der Waals surface area (Å²) in [4.78, 5) is 17.5. The third kappa shape index (κ3) is 4.28. The zero-order valence-corrected chi connectivity index (χ0v) is 12.0. The molecule has 1 fully saturated rings. The van der Waals surface area contributed by atoms with Gasteiger partial charge in [-0.25, -0.2) is 9.78 Å². The molecule has 110 valence electrons. The van der Waals surface area contributed by atoms with Crippen molar-refractivity contribution in [1.29, 1.82) is 0 Å². The zero-order valence-electron chi connectivity index (χ0n) is 12.0. The molecule has 1 aliphatic rings. The van der Waals surface area contributed by atoms with E-state index in [4.69, 9.17) is 5.11 Å². The van der Waals surface area contributed by atoms with Crippen LogP contribution >= 0.6 is 0 Å². The second kappa shape index (κ2) is 7.36. The molecule has 2 rings (SSSR count). The molecule has 0 saturated carbocycles. The number of carboxylic acid groups (broad SMARTS) is 1. The van der Waals surface area contributed by atoms with Crippen LogP contribution in [0.2, 0.25) is 0 Å². The van der Waals surface area contributed by atoms with E-state index in [-0.39, 0.29) is 5.69 Å². The van der Waals surface area contributed by atoms with Gasteiger partial charge in [0.1, 0.15) is 5.69 Å². The molecule has 0 aromatic carbocycles. The van der Waals surface area contributed by atoms with E-state index in [9.17, 15) is 4.79 Å². The Kier molecular flexibility index (Phi) is 5.49. The topological polar surface area (TPSA) is 65.5 Å². The predicted molar refractivity (Wildman–Crippen MR) is 77.8 cm³/mol. The highest BCUT2D eigenvalue weighted by Crippen LogP contribution is 2.11. The Morgan fingerprint density at radius 1 is 1.55 bits per heavy atom. The van der Waals surface area contributed by atoms with E-state index in [1.807, 2.05) is 6.07 Å². The molecule has 5 nitrogen and oxygen atoms in total. The lowest BCUT2D eigenvalue weighted by Gasteiger charge is -2.33. The molecular formula is C15H23N3O2. The van der Waals surface area contributed by atoms with Gasteiger partial charge in [-0.15, -0.1) is 0 Å². The molecule has 2 heterocycles. The number of likely N-dealkylation sites (tertiary alicyclic amines) is 1. The van der Waals surface area contributed by atoms with E-state index < -0.39 is 5.97 Å². The fourth-order valence-electron chi connectivity index (χ4n) is 2.69. The van der Waals surface area contributed by atoms with Crippen LogP contribution in [0.3, 0.4) is 0 Å². The molecule has 2 N–H and O–H groups in total. The van der Waals surface area contributed by atoms with Crippen molar-refractivity contribution >= 4 is 5.97 Å². The van der Waals surface area contributed by atoms with Gasteiger partial charge in [0.05, 0.1) is 5.69 Å². The van der Waals surface area contributed by atoms with Crippen LogP contribution in [-0.2, 0) is 6.54 Å². The van der Waals surface area contributed by atoms with Gasteiger partial charge < -0.3 is 15.3 Å². The molecule has 0 amide bonds. The third-order valence-corrected chi connectivity index (χ3v) is 3.64. The molecule has 5 heteroatoms. The number of nitrogens with zero attached hydrogens (tertiary/aromatic N) is 2. The quantitative estimate of drug-likeness (QED) is 0.829. The van der Waals surface area contributed by atoms with E-state index in [1.165, 1.54) is 31.9 Å². The van der Waals surface area contributed by atoms with Gasteiger partial charge in [-0.3, -0.25) is 0 Å². The number of hydrogen-bond acceptors (Lipinski definition) is 4. The molecular weight excluding hydrogens is 254 g/mol. The summed E-state index contributed by atoms with van der Waals surface area (Å²) in [5.41, 5.74) is 0.901. The van der Waals surface area contributed by atoms with Gasteiger partial charge in [-0.1, -0.05) is 13.0 Å². The summed E-state index contributed by atoms with van der Waals surface area (Å²) in [5, 5.41) is 12.4. The molecule has 0 spiro atoms. The normalized spacial score (nSPS) is 19.9. The Morgan fingerprint density at radius 3 is 3.15 bits per heavy atom. The number of pyridine rings is 1. The number of nitrogens with one attached hydrogen (secondary N) is 1. The molecule has 0 bridgehead atoms. The molecule has 1 aliphatic heterocycles. The SMILES string of the molecule is CCCN1CCCC(NCc2cccc(C(=O)O)n2)C1. The first kappa shape index (κ1) is 14.9. The summed E-state index contributed by atoms with van der Waals surface area (Å²) in [7, 11) is 0. The second-order valence-corrected chi connectivity index (χ2v) is 5.34. The fourth-order valence-corrected chi connectivity index (χ4v) is 2.69. The van der Waals surface area contributed by atoms with Gasteiger partial charge in [0.2, 0.25) is 0 Å². The Hall–Kier alpha value is -1.46. The number of carbonyl (C=O) groups is 1. The molecule has 1 atom stereocenters. The lowest BCUT2D eigenvalue weighted by Crippen LogP contribution is -2.45. The monoisotopic (exact) mass is 277 g/mol. The number of rotatable bonds is 6. The third-order valence-electron chi connectivity index (χ3n) is 3.64. The largest absolute Gasteiger partial charge is 0.477 e. The fraction of sp³-hybridized carbons (Fsp3) is 0.600. The maximum Gasteiger partial charge on any atom is 0.354 e. The van der Waals surface area contributed by atoms with Crippen molar-refractivity contribution in [2.75, 3.05) is 19.6 Å². The highest BCUT2D eigenvalue weighted by atomic mass is 16.4. The predicted octanol–water partition coefficient (Wildman–Crippen LogP) is 1.74. The first-order valence-corrected chi connectivity index (χ1v) is 7.34. The van der Waals surface area contributed by atoms with E-state index in [2.05, 4.69) is 22.1 Å². The molecule has 1 saturated heterocycles. The van der Waals surface area contributed by atoms with Crippen LogP contribution in [0.1, 0.15) is 42.4 Å². The molecule has 1 aromatic heterocycles. The molecule has 0 aliphatic carbocycles. The summed E-state index contributed by atoms with van der Waals surface area (Å²) in [6, 6.07) is 5.62. The minimum Gasteiger partial charge on any atom is -0.477 e. The average molecular weight is 277 g/mol. The lowest BCUT2D eigenvalue weighted by atomic mass is 10.1. The van der Waals surface area contributed by atoms with Gasteiger partial charge in [-0.05, 0) is 44.5 Å². The van der Waals surface area contributed by atoms with Gasteiger partial charge in [0.25, 0.3) is 0 Å². The summed E-state index contributed by atoms with van der Waals surface area (Å²) in [6.07, 6.45) is 3.59. The van der Waals surface area contributed by atoms with E-state index in [0.29, 0.717) is 12.6 Å². The van der Waals surface area contributed by atoms with Gasteiger partial charge in [-0.2, -0.15) is 0 Å². The maximum absolute atomic E-state index is 10.9. The smallest absolute Gasteiger partial charge is 0.354 e. The van der Waals surface area contributed by atoms with Gasteiger partial charge in [0, 0.05) is 19.1 Å². The minimum atomic E-state index is -0.973. The highest BCUT2D eigenvalue weighted by Gasteiger charge is 2.18. The van der Waals surface area contributed by atoms with E-state index >= 15 is 0 Å². The van der Waals surface area contributed by atoms with Crippen LogP contribution in [0, 0.1) is 0 Å². The number of carboxylic acids is 1. The average Bonchev–Trinajstić information content (AvgIpc) is 2.46. The maximum atomic E-state index is 10.9. The number of hydrogen-bond donors (Lipinski definition) is 2. The van der Waals surface area contributed by atoms with Crippen LogP contribution in [0.25, 0.3) is 0 Å². The van der Waals surface area contributed by atoms with Gasteiger partial charge in [0.15, 0.2) is 0 Å². The van der Waals surface area contributed by atoms with Crippen molar-refractivity contribution in [2.24, 2.45) is 0 Å². The standard InChI is InChI=1S/C15H23N3O2/c1-2-8-18-9-4-6-13(11-18)16-10-12-5-3-7-14(17-12)15(19)20/h3,5,7,13,16H,2,4,6,8-11H2,1H3,(H,19,20). The van der Waals surface area contributed by atoms with Crippen LogP contribution in [0.4, 0.5) is 0 Å². The van der Waals surface area contributed by atoms with Crippen LogP contribution in [-0.4, -0.2) is 46.6 Å². The summed E-state index contributed by atoms with van der Waals surface area (Å²) >= 11 is 0. The number of aromatic carboxylic acids is 1. The Labute approximate surface area is 120 Å². The molecule has 1 aromatic rings. The van der Waals surface area contributed by atoms with E-state index in [1.54, 1.807) is 6.07 Å². The lowest BCUT2D eigenvalue weighted by molar-refractivity contribution is 0.0690. The van der Waals surface area contributed by atoms with Crippen molar-refractivity contribution in [3.63, 3.8) is 0 Å². The Bertz CT molecular complexity index is 448. The first-order chi connectivity index (χ1) is 9.69. The van der Waals surface area contributed by atoms with Crippen molar-refractivity contribution < 1.29 is 9.90 Å². The number of aromatic nitrogens is 1. The van der Waals surface area contributed by atoms with Crippen LogP contribution in [0.5, 0.6) is 0 Å². The highest BCUT2D eigenvalue weighted by molar-refractivity contribution is 5.85. The molecule has 0 radical (unpaired) electrons. The molecule has 1 unspecified atom stereocenters. The zero-order chi connectivity index (χ0) is 14.4. The Morgan fingerprint density at radius 2 is 2.40 bits per heavy atom. The van der Waals surface area contributed by atoms with Crippen molar-refractivity contribution in [3.8, 4) is 0 Å². The summed E-state index contributed by atoms with van der Waals surface area (Å²) < 4.78 is 0. The Balaban J connectivity index is 1.85. The molecule has 20 heavy (non-hydrogen) atoms. The van der Waals surface area contributed by atoms with Crippen molar-refractivity contribution in [3.05, 3.63) is 29.6 Å². The van der Waals surface area contributed by atoms with E-state index in [0.717, 1.165) is 18.8 Å². The van der Waals surface area contributed by atoms with Crippen molar-refractivity contribution in [2.45, 2.75) is 38.8 Å².